The van der Waals surface area contributed by atoms with Crippen molar-refractivity contribution in [3.05, 3.63) is 65.4 Å². The Morgan fingerprint density at radius 1 is 1.17 bits per heavy atom. The van der Waals surface area contributed by atoms with Crippen molar-refractivity contribution in [2.24, 2.45) is 0 Å². The minimum absolute atomic E-state index is 0.0722. The highest BCUT2D eigenvalue weighted by molar-refractivity contribution is 7.13. The summed E-state index contributed by atoms with van der Waals surface area (Å²) in [5, 5.41) is 10.6. The third-order valence-electron chi connectivity index (χ3n) is 7.92. The van der Waals surface area contributed by atoms with E-state index in [1.807, 2.05) is 42.8 Å². The second-order valence-electron chi connectivity index (χ2n) is 10.4. The fourth-order valence-electron chi connectivity index (χ4n) is 5.45. The van der Waals surface area contributed by atoms with Crippen molar-refractivity contribution in [1.82, 2.24) is 34.6 Å². The number of pyridine rings is 1. The van der Waals surface area contributed by atoms with E-state index in [0.717, 1.165) is 48.6 Å². The number of hydrogen-bond donors (Lipinski definition) is 0. The molecule has 212 valence electrons. The summed E-state index contributed by atoms with van der Waals surface area (Å²) in [5.41, 5.74) is 3.66. The number of Topliss-reactive ketones (excluding diaryl/α,β-unsaturated/α-hetero) is 1. The SMILES string of the molecule is CCN(CC)[C@@H](C)CCC(=O)c1cc(-c2cnn3ccc(-c4cccs4)nc23)nc(N2CC[C@H]2c2nc(C)no2)c1. The molecule has 1 fully saturated rings. The molecular weight excluding hydrogens is 536 g/mol. The van der Waals surface area contributed by atoms with Crippen molar-refractivity contribution in [1.29, 1.82) is 0 Å². The zero-order valence-corrected chi connectivity index (χ0v) is 24.6. The van der Waals surface area contributed by atoms with E-state index in [1.165, 1.54) is 0 Å². The van der Waals surface area contributed by atoms with Crippen LogP contribution in [0.5, 0.6) is 0 Å². The summed E-state index contributed by atoms with van der Waals surface area (Å²) in [7, 11) is 0. The van der Waals surface area contributed by atoms with Gasteiger partial charge in [-0.1, -0.05) is 25.1 Å². The molecule has 1 saturated heterocycles. The summed E-state index contributed by atoms with van der Waals surface area (Å²) < 4.78 is 7.24. The monoisotopic (exact) mass is 570 g/mol. The molecule has 0 amide bonds. The van der Waals surface area contributed by atoms with E-state index in [9.17, 15) is 4.79 Å². The maximum atomic E-state index is 13.6. The Morgan fingerprint density at radius 2 is 2.02 bits per heavy atom. The first kappa shape index (κ1) is 27.2. The van der Waals surface area contributed by atoms with Crippen LogP contribution in [0.3, 0.4) is 0 Å². The molecule has 1 aliphatic rings. The molecule has 1 aliphatic heterocycles. The second kappa shape index (κ2) is 11.5. The minimum Gasteiger partial charge on any atom is -0.344 e. The summed E-state index contributed by atoms with van der Waals surface area (Å²) in [5.74, 6) is 1.98. The van der Waals surface area contributed by atoms with E-state index in [1.54, 1.807) is 22.0 Å². The minimum atomic E-state index is -0.0722. The van der Waals surface area contributed by atoms with Gasteiger partial charge in [0, 0.05) is 30.8 Å². The second-order valence-corrected chi connectivity index (χ2v) is 11.4. The van der Waals surface area contributed by atoms with E-state index in [4.69, 9.17) is 14.5 Å². The van der Waals surface area contributed by atoms with Crippen molar-refractivity contribution < 1.29 is 9.32 Å². The number of anilines is 1. The Labute approximate surface area is 243 Å². The number of ketones is 1. The predicted octanol–water partition coefficient (Wildman–Crippen LogP) is 5.86. The lowest BCUT2D eigenvalue weighted by Crippen LogP contribution is -2.41. The zero-order valence-electron chi connectivity index (χ0n) is 23.8. The topological polar surface area (TPSA) is 106 Å². The highest BCUT2D eigenvalue weighted by Gasteiger charge is 2.35. The molecule has 0 spiro atoms. The Kier molecular flexibility index (Phi) is 7.63. The van der Waals surface area contributed by atoms with Crippen molar-refractivity contribution in [2.75, 3.05) is 24.5 Å². The van der Waals surface area contributed by atoms with Gasteiger partial charge in [-0.15, -0.1) is 11.3 Å². The average molecular weight is 571 g/mol. The highest BCUT2D eigenvalue weighted by Crippen LogP contribution is 2.38. The van der Waals surface area contributed by atoms with Gasteiger partial charge in [-0.3, -0.25) is 4.79 Å². The normalized spacial score (nSPS) is 15.9. The smallest absolute Gasteiger partial charge is 0.249 e. The molecule has 0 radical (unpaired) electrons. The van der Waals surface area contributed by atoms with Gasteiger partial charge in [-0.2, -0.15) is 10.1 Å². The first-order valence-corrected chi connectivity index (χ1v) is 15.1. The molecule has 5 aromatic heterocycles. The quantitative estimate of drug-likeness (QED) is 0.181. The van der Waals surface area contributed by atoms with Gasteiger partial charge in [0.1, 0.15) is 11.9 Å². The number of aryl methyl sites for hydroxylation is 1. The van der Waals surface area contributed by atoms with Gasteiger partial charge < -0.3 is 14.3 Å². The number of rotatable bonds is 11. The summed E-state index contributed by atoms with van der Waals surface area (Å²) in [6.45, 7) is 11.0. The molecule has 11 heteroatoms. The molecular formula is C30H34N8O2S. The molecule has 41 heavy (non-hydrogen) atoms. The van der Waals surface area contributed by atoms with Crippen LogP contribution in [0.15, 0.2) is 52.6 Å². The van der Waals surface area contributed by atoms with E-state index < -0.39 is 0 Å². The van der Waals surface area contributed by atoms with E-state index in [0.29, 0.717) is 46.9 Å². The number of carbonyl (C=O) groups is 1. The molecule has 0 aliphatic carbocycles. The van der Waals surface area contributed by atoms with Crippen LogP contribution in [0.1, 0.15) is 68.1 Å². The lowest BCUT2D eigenvalue weighted by Gasteiger charge is -2.39. The third-order valence-corrected chi connectivity index (χ3v) is 8.81. The molecule has 0 N–H and O–H groups in total. The van der Waals surface area contributed by atoms with E-state index in [2.05, 4.69) is 51.9 Å². The number of thiophene rings is 1. The zero-order chi connectivity index (χ0) is 28.5. The molecule has 6 heterocycles. The van der Waals surface area contributed by atoms with Crippen LogP contribution in [0, 0.1) is 6.92 Å². The molecule has 0 aromatic carbocycles. The number of hydrogen-bond acceptors (Lipinski definition) is 10. The van der Waals surface area contributed by atoms with E-state index >= 15 is 0 Å². The summed E-state index contributed by atoms with van der Waals surface area (Å²) in [6, 6.07) is 10.1. The van der Waals surface area contributed by atoms with Crippen LogP contribution in [0.25, 0.3) is 27.5 Å². The van der Waals surface area contributed by atoms with Gasteiger partial charge in [0.25, 0.3) is 0 Å². The number of aromatic nitrogens is 6. The lowest BCUT2D eigenvalue weighted by atomic mass is 9.99. The van der Waals surface area contributed by atoms with Gasteiger partial charge in [0.15, 0.2) is 17.3 Å². The predicted molar refractivity (Wildman–Crippen MR) is 159 cm³/mol. The Morgan fingerprint density at radius 3 is 2.71 bits per heavy atom. The Hall–Kier alpha value is -3.96. The maximum absolute atomic E-state index is 13.6. The number of carbonyl (C=O) groups excluding carboxylic acids is 1. The number of nitrogens with zero attached hydrogens (tertiary/aromatic N) is 8. The molecule has 5 aromatic rings. The van der Waals surface area contributed by atoms with Gasteiger partial charge in [-0.25, -0.2) is 14.5 Å². The van der Waals surface area contributed by atoms with Crippen LogP contribution < -0.4 is 4.90 Å². The molecule has 10 nitrogen and oxygen atoms in total. The highest BCUT2D eigenvalue weighted by atomic mass is 32.1. The summed E-state index contributed by atoms with van der Waals surface area (Å²) >= 11 is 1.64. The van der Waals surface area contributed by atoms with Crippen LogP contribution in [-0.4, -0.2) is 66.1 Å². The van der Waals surface area contributed by atoms with Gasteiger partial charge in [-0.05, 0) is 69.4 Å². The summed E-state index contributed by atoms with van der Waals surface area (Å²) in [4.78, 5) is 33.7. The van der Waals surface area contributed by atoms with Crippen molar-refractivity contribution in [3.63, 3.8) is 0 Å². The van der Waals surface area contributed by atoms with Crippen molar-refractivity contribution in [3.8, 4) is 21.8 Å². The number of fused-ring (bicyclic) bond motifs is 1. The molecule has 0 unspecified atom stereocenters. The largest absolute Gasteiger partial charge is 0.344 e. The van der Waals surface area contributed by atoms with Gasteiger partial charge in [0.05, 0.1) is 28.0 Å². The molecule has 0 bridgehead atoms. The third kappa shape index (κ3) is 5.39. The van der Waals surface area contributed by atoms with Crippen molar-refractivity contribution >= 4 is 28.6 Å². The Bertz CT molecular complexity index is 1660. The fourth-order valence-corrected chi connectivity index (χ4v) is 6.15. The van der Waals surface area contributed by atoms with Gasteiger partial charge >= 0.3 is 0 Å². The molecule has 0 saturated carbocycles. The average Bonchev–Trinajstić information content (AvgIpc) is 3.73. The van der Waals surface area contributed by atoms with Crippen LogP contribution in [-0.2, 0) is 0 Å². The molecule has 2 atom stereocenters. The van der Waals surface area contributed by atoms with Crippen LogP contribution in [0.4, 0.5) is 5.82 Å². The first-order valence-electron chi connectivity index (χ1n) is 14.2. The molecule has 6 rings (SSSR count). The standard InChI is InChI=1S/C30H34N8O2S/c1-5-36(6-2)19(3)9-10-26(39)21-16-24(33-28(17-21)37-13-12-25(37)30-32-20(4)35-40-30)22-18-31-38-14-11-23(34-29(22)38)27-8-7-15-41-27/h7-8,11,14-19,25H,5-6,9-10,12-13H2,1-4H3/t19-,25-/m0/s1. The fraction of sp³-hybridized carbons (Fsp3) is 0.400. The Balaban J connectivity index is 1.38. The lowest BCUT2D eigenvalue weighted by molar-refractivity contribution is 0.0964. The van der Waals surface area contributed by atoms with Crippen LogP contribution in [0.2, 0.25) is 0 Å². The van der Waals surface area contributed by atoms with Crippen LogP contribution >= 0.6 is 11.3 Å². The van der Waals surface area contributed by atoms with Gasteiger partial charge in [0.2, 0.25) is 5.89 Å². The first-order chi connectivity index (χ1) is 19.9. The summed E-state index contributed by atoms with van der Waals surface area (Å²) in [6.07, 6.45) is 5.82. The van der Waals surface area contributed by atoms with E-state index in [-0.39, 0.29) is 11.8 Å². The maximum Gasteiger partial charge on any atom is 0.249 e. The van der Waals surface area contributed by atoms with Crippen molar-refractivity contribution in [2.45, 2.75) is 59.0 Å².